The van der Waals surface area contributed by atoms with Crippen molar-refractivity contribution < 1.29 is 14.0 Å². The van der Waals surface area contributed by atoms with Crippen molar-refractivity contribution in [1.82, 2.24) is 4.98 Å². The predicted octanol–water partition coefficient (Wildman–Crippen LogP) is 2.64. The van der Waals surface area contributed by atoms with Crippen LogP contribution < -0.4 is 4.90 Å². The normalized spacial score (nSPS) is 13.8. The molecule has 2 amide bonds. The number of hydrogen-bond acceptors (Lipinski definition) is 3. The molecule has 1 aromatic carbocycles. The van der Waals surface area contributed by atoms with Gasteiger partial charge in [0.25, 0.3) is 11.8 Å². The van der Waals surface area contributed by atoms with Gasteiger partial charge in [-0.15, -0.1) is 0 Å². The Balaban J connectivity index is 2.14. The van der Waals surface area contributed by atoms with E-state index in [0.29, 0.717) is 5.69 Å². The van der Waals surface area contributed by atoms with Crippen LogP contribution in [-0.4, -0.2) is 16.8 Å². The molecule has 0 radical (unpaired) electrons. The Hall–Kier alpha value is -2.56. The number of carbonyl (C=O) groups is 2. The summed E-state index contributed by atoms with van der Waals surface area (Å²) in [5.74, 6) is -1.28. The van der Waals surface area contributed by atoms with Crippen LogP contribution in [0.15, 0.2) is 30.3 Å². The summed E-state index contributed by atoms with van der Waals surface area (Å²) in [6.45, 7) is 3.64. The SMILES string of the molecule is Cc1cc(C)nc(N2C(=O)c3ccc(F)cc3C2=O)c1. The lowest BCUT2D eigenvalue weighted by molar-refractivity contribution is 0.0925. The maximum atomic E-state index is 13.2. The largest absolute Gasteiger partial charge is 0.268 e. The van der Waals surface area contributed by atoms with Gasteiger partial charge in [0.2, 0.25) is 0 Å². The number of carbonyl (C=O) groups excluding carboxylic acids is 2. The van der Waals surface area contributed by atoms with Gasteiger partial charge in [-0.05, 0) is 49.7 Å². The Morgan fingerprint density at radius 3 is 2.40 bits per heavy atom. The molecule has 0 saturated heterocycles. The van der Waals surface area contributed by atoms with Gasteiger partial charge in [-0.25, -0.2) is 14.3 Å². The molecule has 0 atom stereocenters. The minimum absolute atomic E-state index is 0.0796. The Kier molecular flexibility index (Phi) is 2.64. The van der Waals surface area contributed by atoms with Gasteiger partial charge in [0.05, 0.1) is 11.1 Å². The van der Waals surface area contributed by atoms with E-state index in [4.69, 9.17) is 0 Å². The number of fused-ring (bicyclic) bond motifs is 1. The predicted molar refractivity (Wildman–Crippen MR) is 71.3 cm³/mol. The molecule has 2 aromatic rings. The summed E-state index contributed by atoms with van der Waals surface area (Å²) >= 11 is 0. The molecular formula is C15H11FN2O2. The van der Waals surface area contributed by atoms with E-state index in [1.807, 2.05) is 13.0 Å². The lowest BCUT2D eigenvalue weighted by Crippen LogP contribution is -2.30. The highest BCUT2D eigenvalue weighted by atomic mass is 19.1. The molecule has 0 aliphatic carbocycles. The van der Waals surface area contributed by atoms with Crippen molar-refractivity contribution in [1.29, 1.82) is 0 Å². The molecule has 20 heavy (non-hydrogen) atoms. The number of anilines is 1. The number of nitrogens with zero attached hydrogens (tertiary/aromatic N) is 2. The fourth-order valence-electron chi connectivity index (χ4n) is 2.36. The highest BCUT2D eigenvalue weighted by Crippen LogP contribution is 2.28. The second-order valence-corrected chi connectivity index (χ2v) is 4.78. The molecule has 1 aliphatic heterocycles. The van der Waals surface area contributed by atoms with Crippen molar-refractivity contribution in [2.45, 2.75) is 13.8 Å². The first kappa shape index (κ1) is 12.5. The molecule has 100 valence electrons. The monoisotopic (exact) mass is 270 g/mol. The van der Waals surface area contributed by atoms with Crippen LogP contribution >= 0.6 is 0 Å². The van der Waals surface area contributed by atoms with Crippen molar-refractivity contribution in [3.63, 3.8) is 0 Å². The van der Waals surface area contributed by atoms with Gasteiger partial charge in [-0.1, -0.05) is 0 Å². The van der Waals surface area contributed by atoms with Crippen molar-refractivity contribution in [2.75, 3.05) is 4.90 Å². The van der Waals surface area contributed by atoms with Crippen LogP contribution in [-0.2, 0) is 0 Å². The first-order valence-electron chi connectivity index (χ1n) is 6.11. The van der Waals surface area contributed by atoms with E-state index in [1.54, 1.807) is 13.0 Å². The fraction of sp³-hybridized carbons (Fsp3) is 0.133. The molecule has 5 heteroatoms. The molecular weight excluding hydrogens is 259 g/mol. The Bertz CT molecular complexity index is 735. The van der Waals surface area contributed by atoms with Gasteiger partial charge in [0, 0.05) is 5.69 Å². The molecule has 0 bridgehead atoms. The maximum Gasteiger partial charge on any atom is 0.267 e. The quantitative estimate of drug-likeness (QED) is 0.748. The van der Waals surface area contributed by atoms with Crippen LogP contribution in [0.3, 0.4) is 0 Å². The van der Waals surface area contributed by atoms with E-state index in [2.05, 4.69) is 4.98 Å². The van der Waals surface area contributed by atoms with E-state index in [-0.39, 0.29) is 16.9 Å². The van der Waals surface area contributed by atoms with Crippen molar-refractivity contribution >= 4 is 17.6 Å². The average Bonchev–Trinajstić information content (AvgIpc) is 2.60. The van der Waals surface area contributed by atoms with Crippen molar-refractivity contribution in [3.05, 3.63) is 58.5 Å². The smallest absolute Gasteiger partial charge is 0.267 e. The van der Waals surface area contributed by atoms with Gasteiger partial charge in [-0.3, -0.25) is 9.59 Å². The number of amides is 2. The Labute approximate surface area is 114 Å². The summed E-state index contributed by atoms with van der Waals surface area (Å²) in [4.78, 5) is 29.8. The van der Waals surface area contributed by atoms with E-state index >= 15 is 0 Å². The number of rotatable bonds is 1. The fourth-order valence-corrected chi connectivity index (χ4v) is 2.36. The maximum absolute atomic E-state index is 13.2. The third-order valence-electron chi connectivity index (χ3n) is 3.16. The molecule has 1 aliphatic rings. The third-order valence-corrected chi connectivity index (χ3v) is 3.16. The van der Waals surface area contributed by atoms with Crippen LogP contribution in [0.25, 0.3) is 0 Å². The third kappa shape index (κ3) is 1.79. The minimum atomic E-state index is -0.542. The number of hydrogen-bond donors (Lipinski definition) is 0. The minimum Gasteiger partial charge on any atom is -0.268 e. The first-order chi connectivity index (χ1) is 9.47. The topological polar surface area (TPSA) is 50.3 Å². The zero-order valence-electron chi connectivity index (χ0n) is 11.0. The molecule has 4 nitrogen and oxygen atoms in total. The van der Waals surface area contributed by atoms with E-state index in [9.17, 15) is 14.0 Å². The van der Waals surface area contributed by atoms with Gasteiger partial charge in [0.1, 0.15) is 11.6 Å². The molecule has 0 unspecified atom stereocenters. The molecule has 0 N–H and O–H groups in total. The standard InChI is InChI=1S/C15H11FN2O2/c1-8-5-9(2)17-13(6-8)18-14(19)11-4-3-10(16)7-12(11)15(18)20/h3-7H,1-2H3. The summed E-state index contributed by atoms with van der Waals surface area (Å²) in [6, 6.07) is 7.08. The van der Waals surface area contributed by atoms with E-state index < -0.39 is 17.6 Å². The first-order valence-corrected chi connectivity index (χ1v) is 6.11. The number of halogens is 1. The zero-order valence-corrected chi connectivity index (χ0v) is 11.0. The highest BCUT2D eigenvalue weighted by molar-refractivity contribution is 6.34. The second kappa shape index (κ2) is 4.23. The molecule has 2 heterocycles. The van der Waals surface area contributed by atoms with E-state index in [0.717, 1.165) is 16.5 Å². The van der Waals surface area contributed by atoms with Gasteiger partial charge < -0.3 is 0 Å². The van der Waals surface area contributed by atoms with Crippen molar-refractivity contribution in [3.8, 4) is 0 Å². The van der Waals surface area contributed by atoms with Crippen molar-refractivity contribution in [2.24, 2.45) is 0 Å². The Morgan fingerprint density at radius 2 is 1.70 bits per heavy atom. The Morgan fingerprint density at radius 1 is 1.00 bits per heavy atom. The number of aromatic nitrogens is 1. The van der Waals surface area contributed by atoms with E-state index in [1.165, 1.54) is 12.1 Å². The van der Waals surface area contributed by atoms with Gasteiger partial charge in [-0.2, -0.15) is 0 Å². The average molecular weight is 270 g/mol. The second-order valence-electron chi connectivity index (χ2n) is 4.78. The highest BCUT2D eigenvalue weighted by Gasteiger charge is 2.37. The number of imide groups is 1. The number of aryl methyl sites for hydroxylation is 2. The van der Waals surface area contributed by atoms with Crippen LogP contribution in [0.4, 0.5) is 10.2 Å². The molecule has 0 spiro atoms. The van der Waals surface area contributed by atoms with Gasteiger partial charge >= 0.3 is 0 Å². The summed E-state index contributed by atoms with van der Waals surface area (Å²) in [5, 5.41) is 0. The van der Waals surface area contributed by atoms with Crippen LogP contribution in [0.1, 0.15) is 32.0 Å². The number of benzene rings is 1. The molecule has 0 saturated carbocycles. The lowest BCUT2D eigenvalue weighted by Gasteiger charge is -2.13. The summed E-state index contributed by atoms with van der Waals surface area (Å²) in [5.41, 5.74) is 1.89. The van der Waals surface area contributed by atoms with Crippen LogP contribution in [0, 0.1) is 19.7 Å². The summed E-state index contributed by atoms with van der Waals surface area (Å²) in [7, 11) is 0. The van der Waals surface area contributed by atoms with Gasteiger partial charge in [0.15, 0.2) is 0 Å². The molecule has 0 fully saturated rings. The lowest BCUT2D eigenvalue weighted by atomic mass is 10.1. The zero-order chi connectivity index (χ0) is 14.4. The summed E-state index contributed by atoms with van der Waals surface area (Å²) in [6.07, 6.45) is 0. The van der Waals surface area contributed by atoms with Crippen LogP contribution in [0.2, 0.25) is 0 Å². The molecule has 3 rings (SSSR count). The number of pyridine rings is 1. The molecule has 1 aromatic heterocycles. The summed E-state index contributed by atoms with van der Waals surface area (Å²) < 4.78 is 13.2. The van der Waals surface area contributed by atoms with Crippen LogP contribution in [0.5, 0.6) is 0 Å².